The van der Waals surface area contributed by atoms with Crippen molar-refractivity contribution in [2.45, 2.75) is 57.4 Å². The fourth-order valence-corrected chi connectivity index (χ4v) is 4.66. The number of aliphatic hydroxyl groups is 2. The second-order valence-corrected chi connectivity index (χ2v) is 8.38. The third kappa shape index (κ3) is 4.51. The van der Waals surface area contributed by atoms with Crippen molar-refractivity contribution < 1.29 is 30.0 Å². The van der Waals surface area contributed by atoms with Gasteiger partial charge in [0.25, 0.3) is 0 Å². The third-order valence-electron chi connectivity index (χ3n) is 6.02. The molecule has 8 nitrogen and oxygen atoms in total. The van der Waals surface area contributed by atoms with Gasteiger partial charge in [-0.25, -0.2) is 9.59 Å². The average molecular weight is 431 g/mol. The molecule has 0 bridgehead atoms. The Bertz CT molecular complexity index is 993. The van der Waals surface area contributed by atoms with Gasteiger partial charge < -0.3 is 25.0 Å². The molecule has 0 saturated heterocycles. The number of hydrogen-bond acceptors (Lipinski definition) is 5. The summed E-state index contributed by atoms with van der Waals surface area (Å²) in [5, 5.41) is 34.1. The van der Waals surface area contributed by atoms with Crippen LogP contribution >= 0.6 is 0 Å². The molecule has 4 N–H and O–H groups in total. The van der Waals surface area contributed by atoms with E-state index in [1.54, 1.807) is 11.1 Å². The number of benzene rings is 1. The number of carbonyl (C=O) groups is 2. The molecule has 31 heavy (non-hydrogen) atoms. The van der Waals surface area contributed by atoms with E-state index in [1.807, 2.05) is 0 Å². The summed E-state index contributed by atoms with van der Waals surface area (Å²) in [6, 6.07) is 7.51. The van der Waals surface area contributed by atoms with E-state index < -0.39 is 24.1 Å². The van der Waals surface area contributed by atoms with Crippen LogP contribution in [0.5, 0.6) is 0 Å². The second-order valence-electron chi connectivity index (χ2n) is 8.38. The molecule has 0 amide bonds. The average Bonchev–Trinajstić information content (AvgIpc) is 3.07. The molecule has 2 aliphatic rings. The van der Waals surface area contributed by atoms with Crippen molar-refractivity contribution in [2.24, 2.45) is 0 Å². The van der Waals surface area contributed by atoms with Crippen LogP contribution in [0.1, 0.15) is 37.3 Å². The summed E-state index contributed by atoms with van der Waals surface area (Å²) < 4.78 is 2.46. The molecule has 4 atom stereocenters. The van der Waals surface area contributed by atoms with E-state index >= 15 is 0 Å². The minimum atomic E-state index is -2.27. The first kappa shape index (κ1) is 23.0. The molecule has 0 spiro atoms. The van der Waals surface area contributed by atoms with Gasteiger partial charge in [0, 0.05) is 42.1 Å². The molecule has 0 saturated carbocycles. The van der Waals surface area contributed by atoms with E-state index in [0.29, 0.717) is 12.0 Å². The van der Waals surface area contributed by atoms with Gasteiger partial charge >= 0.3 is 11.9 Å². The number of fused-ring (bicyclic) bond motifs is 2. The van der Waals surface area contributed by atoms with Crippen molar-refractivity contribution in [1.29, 1.82) is 0 Å². The Balaban J connectivity index is 0.000000233. The van der Waals surface area contributed by atoms with Gasteiger partial charge in [-0.2, -0.15) is 0 Å². The molecule has 1 aliphatic heterocycles. The summed E-state index contributed by atoms with van der Waals surface area (Å²) in [5.41, 5.74) is 6.03. The van der Waals surface area contributed by atoms with Gasteiger partial charge in [0.1, 0.15) is 0 Å². The first-order valence-corrected chi connectivity index (χ1v) is 10.5. The van der Waals surface area contributed by atoms with E-state index in [9.17, 15) is 9.59 Å². The number of carboxylic acids is 2. The van der Waals surface area contributed by atoms with E-state index in [1.165, 1.54) is 29.3 Å². The summed E-state index contributed by atoms with van der Waals surface area (Å²) in [6.07, 6.45) is 2.77. The molecular weight excluding hydrogens is 400 g/mol. The molecule has 1 aromatic heterocycles. The van der Waals surface area contributed by atoms with Crippen molar-refractivity contribution >= 4 is 22.8 Å². The maximum absolute atomic E-state index is 9.77. The normalized spacial score (nSPS) is 22.0. The van der Waals surface area contributed by atoms with Crippen molar-refractivity contribution in [3.05, 3.63) is 47.2 Å². The minimum Gasteiger partial charge on any atom is -0.479 e. The number of rotatable bonds is 5. The highest BCUT2D eigenvalue weighted by molar-refractivity contribution is 5.89. The Labute approximate surface area is 181 Å². The van der Waals surface area contributed by atoms with Gasteiger partial charge in [0.15, 0.2) is 12.2 Å². The SMILES string of the molecule is CCCn1cc2c3c(cccc31)C1C=C(C)CN(C)C1C2.O=C(O)C(O)C(O)C(=O)O. The number of aromatic nitrogens is 1. The predicted molar refractivity (Wildman–Crippen MR) is 116 cm³/mol. The molecule has 0 radical (unpaired) electrons. The smallest absolute Gasteiger partial charge is 0.335 e. The monoisotopic (exact) mass is 430 g/mol. The van der Waals surface area contributed by atoms with Crippen LogP contribution in [0.2, 0.25) is 0 Å². The number of carboxylic acid groups (broad SMARTS) is 2. The molecular formula is C23H30N2O6. The fraction of sp³-hybridized carbons (Fsp3) is 0.478. The zero-order valence-corrected chi connectivity index (χ0v) is 18.0. The topological polar surface area (TPSA) is 123 Å². The standard InChI is InChI=1S/C19H24N2.C4H6O6/c1-4-8-21-12-14-10-18-16(9-13(2)11-20(18)3)15-6-5-7-17(21)19(14)15;5-1(3(7)8)2(6)4(9)10/h5-7,9,12,16,18H,4,8,10-11H2,1-3H3;1-2,5-6H,(H,7,8)(H,9,10). The van der Waals surface area contributed by atoms with Gasteiger partial charge in [0.05, 0.1) is 0 Å². The van der Waals surface area contributed by atoms with Gasteiger partial charge in [-0.1, -0.05) is 30.7 Å². The molecule has 1 aliphatic carbocycles. The predicted octanol–water partition coefficient (Wildman–Crippen LogP) is 1.83. The lowest BCUT2D eigenvalue weighted by Crippen LogP contribution is -2.43. The van der Waals surface area contributed by atoms with Gasteiger partial charge in [-0.15, -0.1) is 0 Å². The number of likely N-dealkylation sites (N-methyl/N-ethyl adjacent to an activating group) is 1. The van der Waals surface area contributed by atoms with Crippen LogP contribution in [0.3, 0.4) is 0 Å². The third-order valence-corrected chi connectivity index (χ3v) is 6.02. The van der Waals surface area contributed by atoms with Crippen LogP contribution in [0.15, 0.2) is 36.0 Å². The van der Waals surface area contributed by atoms with E-state index in [2.05, 4.69) is 60.8 Å². The number of aliphatic carboxylic acids is 2. The molecule has 4 rings (SSSR count). The quantitative estimate of drug-likeness (QED) is 0.534. The molecule has 2 aromatic rings. The van der Waals surface area contributed by atoms with E-state index in [-0.39, 0.29) is 0 Å². The van der Waals surface area contributed by atoms with Crippen LogP contribution in [0.4, 0.5) is 0 Å². The van der Waals surface area contributed by atoms with E-state index in [0.717, 1.165) is 13.1 Å². The summed E-state index contributed by atoms with van der Waals surface area (Å²) >= 11 is 0. The second kappa shape index (κ2) is 9.21. The van der Waals surface area contributed by atoms with Crippen molar-refractivity contribution in [3.63, 3.8) is 0 Å². The fourth-order valence-electron chi connectivity index (χ4n) is 4.66. The maximum atomic E-state index is 9.77. The zero-order valence-electron chi connectivity index (χ0n) is 18.0. The lowest BCUT2D eigenvalue weighted by atomic mass is 9.77. The first-order valence-electron chi connectivity index (χ1n) is 10.5. The molecule has 168 valence electrons. The highest BCUT2D eigenvalue weighted by Gasteiger charge is 2.35. The van der Waals surface area contributed by atoms with Crippen LogP contribution in [0.25, 0.3) is 10.9 Å². The molecule has 0 fully saturated rings. The minimum absolute atomic E-state index is 0.567. The van der Waals surface area contributed by atoms with Gasteiger partial charge in [0.2, 0.25) is 0 Å². The van der Waals surface area contributed by atoms with Crippen LogP contribution in [-0.4, -0.2) is 73.7 Å². The van der Waals surface area contributed by atoms with Crippen LogP contribution in [-0.2, 0) is 22.6 Å². The Kier molecular flexibility index (Phi) is 6.83. The lowest BCUT2D eigenvalue weighted by Gasteiger charge is -2.40. The Morgan fingerprint density at radius 2 is 1.81 bits per heavy atom. The summed E-state index contributed by atoms with van der Waals surface area (Å²) in [4.78, 5) is 22.1. The summed E-state index contributed by atoms with van der Waals surface area (Å²) in [5.74, 6) is -2.97. The molecule has 8 heteroatoms. The van der Waals surface area contributed by atoms with Crippen LogP contribution in [0, 0.1) is 0 Å². The largest absolute Gasteiger partial charge is 0.479 e. The van der Waals surface area contributed by atoms with Crippen molar-refractivity contribution in [1.82, 2.24) is 9.47 Å². The number of aryl methyl sites for hydroxylation is 1. The molecule has 2 heterocycles. The van der Waals surface area contributed by atoms with Crippen molar-refractivity contribution in [2.75, 3.05) is 13.6 Å². The van der Waals surface area contributed by atoms with Crippen LogP contribution < -0.4 is 0 Å². The Hall–Kier alpha value is -2.68. The van der Waals surface area contributed by atoms with Gasteiger partial charge in [-0.05, 0) is 44.0 Å². The first-order chi connectivity index (χ1) is 14.6. The lowest BCUT2D eigenvalue weighted by molar-refractivity contribution is -0.165. The highest BCUT2D eigenvalue weighted by Crippen LogP contribution is 2.42. The maximum Gasteiger partial charge on any atom is 0.335 e. The summed E-state index contributed by atoms with van der Waals surface area (Å²) in [7, 11) is 2.28. The van der Waals surface area contributed by atoms with Crippen molar-refractivity contribution in [3.8, 4) is 0 Å². The molecule has 4 unspecified atom stereocenters. The van der Waals surface area contributed by atoms with Gasteiger partial charge in [-0.3, -0.25) is 4.90 Å². The molecule has 1 aromatic carbocycles. The number of nitrogens with zero attached hydrogens (tertiary/aromatic N) is 2. The number of aliphatic hydroxyl groups excluding tert-OH is 2. The highest BCUT2D eigenvalue weighted by atomic mass is 16.4. The number of hydrogen-bond donors (Lipinski definition) is 4. The summed E-state index contributed by atoms with van der Waals surface area (Å²) in [6.45, 7) is 6.77. The zero-order chi connectivity index (χ0) is 22.9. The Morgan fingerprint density at radius 1 is 1.16 bits per heavy atom. The Morgan fingerprint density at radius 3 is 2.39 bits per heavy atom. The van der Waals surface area contributed by atoms with E-state index in [4.69, 9.17) is 20.4 Å².